The first-order valence-electron chi connectivity index (χ1n) is 10.8. The number of aromatic nitrogens is 2. The van der Waals surface area contributed by atoms with Crippen molar-refractivity contribution in [3.05, 3.63) is 101 Å². The van der Waals surface area contributed by atoms with Gasteiger partial charge in [0.25, 0.3) is 11.7 Å². The van der Waals surface area contributed by atoms with Gasteiger partial charge in [0.1, 0.15) is 18.1 Å². The van der Waals surface area contributed by atoms with Gasteiger partial charge in [-0.15, -0.1) is 0 Å². The van der Waals surface area contributed by atoms with E-state index in [1.165, 1.54) is 4.90 Å². The molecule has 0 bridgehead atoms. The molecule has 3 aromatic rings. The Kier molecular flexibility index (Phi) is 7.27. The topological polar surface area (TPSA) is 84.7 Å². The number of aryl methyl sites for hydroxylation is 1. The van der Waals surface area contributed by atoms with Crippen LogP contribution in [0, 0.1) is 0 Å². The van der Waals surface area contributed by atoms with E-state index in [-0.39, 0.29) is 11.3 Å². The van der Waals surface area contributed by atoms with Gasteiger partial charge in [0, 0.05) is 35.5 Å². The molecule has 1 N–H and O–H groups in total. The van der Waals surface area contributed by atoms with Crippen LogP contribution < -0.4 is 4.74 Å². The van der Waals surface area contributed by atoms with E-state index in [2.05, 4.69) is 27.5 Å². The summed E-state index contributed by atoms with van der Waals surface area (Å²) < 4.78 is 8.23. The fourth-order valence-electron chi connectivity index (χ4n) is 4.00. The number of carbonyl (C=O) groups is 2. The van der Waals surface area contributed by atoms with Gasteiger partial charge in [-0.1, -0.05) is 40.7 Å². The van der Waals surface area contributed by atoms with E-state index in [1.54, 1.807) is 42.9 Å². The van der Waals surface area contributed by atoms with Crippen molar-refractivity contribution in [2.24, 2.45) is 0 Å². The van der Waals surface area contributed by atoms with Crippen molar-refractivity contribution in [1.29, 1.82) is 0 Å². The Bertz CT molecular complexity index is 1220. The van der Waals surface area contributed by atoms with Crippen LogP contribution in [0.2, 0.25) is 0 Å². The molecule has 2 aromatic carbocycles. The molecule has 34 heavy (non-hydrogen) atoms. The molecule has 4 rings (SSSR count). The van der Waals surface area contributed by atoms with Gasteiger partial charge in [-0.25, -0.2) is 4.98 Å². The number of nitrogens with zero attached hydrogens (tertiary/aromatic N) is 3. The van der Waals surface area contributed by atoms with Crippen molar-refractivity contribution in [3.8, 4) is 5.75 Å². The van der Waals surface area contributed by atoms with Crippen LogP contribution >= 0.6 is 15.9 Å². The Labute approximate surface area is 206 Å². The molecule has 174 valence electrons. The SMILES string of the molecule is C=CCOc1ccc(C(O)=C2C(=O)C(=O)N(CCCn3ccnc3)C2c2cccc(Br)c2)cc1. The number of carbonyl (C=O) groups excluding carboxylic acids is 2. The maximum atomic E-state index is 13.1. The Hall–Kier alpha value is -3.65. The lowest BCUT2D eigenvalue weighted by Gasteiger charge is -2.25. The Morgan fingerprint density at radius 3 is 2.65 bits per heavy atom. The predicted octanol–water partition coefficient (Wildman–Crippen LogP) is 4.72. The number of halogens is 1. The van der Waals surface area contributed by atoms with Gasteiger partial charge in [0.05, 0.1) is 17.9 Å². The average Bonchev–Trinajstić information content (AvgIpc) is 3.45. The van der Waals surface area contributed by atoms with Gasteiger partial charge >= 0.3 is 0 Å². The van der Waals surface area contributed by atoms with E-state index in [1.807, 2.05) is 35.0 Å². The maximum Gasteiger partial charge on any atom is 0.295 e. The van der Waals surface area contributed by atoms with E-state index in [9.17, 15) is 14.7 Å². The van der Waals surface area contributed by atoms with Gasteiger partial charge in [-0.2, -0.15) is 0 Å². The Morgan fingerprint density at radius 2 is 1.97 bits per heavy atom. The zero-order valence-electron chi connectivity index (χ0n) is 18.4. The first-order chi connectivity index (χ1) is 16.5. The molecule has 0 saturated carbocycles. The highest BCUT2D eigenvalue weighted by Crippen LogP contribution is 2.40. The lowest BCUT2D eigenvalue weighted by Crippen LogP contribution is -2.31. The summed E-state index contributed by atoms with van der Waals surface area (Å²) in [4.78, 5) is 31.8. The van der Waals surface area contributed by atoms with Gasteiger partial charge in [0.15, 0.2) is 0 Å². The molecular weight excluding hydrogens is 498 g/mol. The van der Waals surface area contributed by atoms with Crippen molar-refractivity contribution in [2.75, 3.05) is 13.2 Å². The molecule has 1 aliphatic rings. The third-order valence-corrected chi connectivity index (χ3v) is 6.07. The number of amides is 1. The van der Waals surface area contributed by atoms with Gasteiger partial charge < -0.3 is 19.3 Å². The number of ketones is 1. The zero-order valence-corrected chi connectivity index (χ0v) is 20.0. The smallest absolute Gasteiger partial charge is 0.295 e. The molecule has 1 fully saturated rings. The van der Waals surface area contributed by atoms with Crippen molar-refractivity contribution in [1.82, 2.24) is 14.5 Å². The number of hydrogen-bond donors (Lipinski definition) is 1. The number of aliphatic hydroxyl groups excluding tert-OH is 1. The van der Waals surface area contributed by atoms with Crippen molar-refractivity contribution in [3.63, 3.8) is 0 Å². The van der Waals surface area contributed by atoms with E-state index < -0.39 is 17.7 Å². The molecule has 1 aliphatic heterocycles. The zero-order chi connectivity index (χ0) is 24.1. The summed E-state index contributed by atoms with van der Waals surface area (Å²) in [6.07, 6.45) is 7.52. The second-order valence-electron chi connectivity index (χ2n) is 7.83. The summed E-state index contributed by atoms with van der Waals surface area (Å²) in [5.41, 5.74) is 1.25. The third kappa shape index (κ3) is 4.97. The molecule has 0 spiro atoms. The minimum atomic E-state index is -0.697. The van der Waals surface area contributed by atoms with Crippen LogP contribution in [0.5, 0.6) is 5.75 Å². The molecule has 2 heterocycles. The highest BCUT2D eigenvalue weighted by Gasteiger charge is 2.45. The lowest BCUT2D eigenvalue weighted by molar-refractivity contribution is -0.139. The van der Waals surface area contributed by atoms with Crippen LogP contribution in [0.1, 0.15) is 23.6 Å². The number of ether oxygens (including phenoxy) is 1. The summed E-state index contributed by atoms with van der Waals surface area (Å²) in [6.45, 7) is 4.99. The number of rotatable bonds is 9. The second-order valence-corrected chi connectivity index (χ2v) is 8.74. The van der Waals surface area contributed by atoms with Crippen molar-refractivity contribution >= 4 is 33.4 Å². The molecule has 8 heteroatoms. The first kappa shape index (κ1) is 23.5. The lowest BCUT2D eigenvalue weighted by atomic mass is 9.95. The number of hydrogen-bond acceptors (Lipinski definition) is 5. The molecule has 0 aliphatic carbocycles. The monoisotopic (exact) mass is 521 g/mol. The van der Waals surface area contributed by atoms with Gasteiger partial charge in [0.2, 0.25) is 0 Å². The fraction of sp³-hybridized carbons (Fsp3) is 0.192. The van der Waals surface area contributed by atoms with E-state index in [4.69, 9.17) is 4.74 Å². The summed E-state index contributed by atoms with van der Waals surface area (Å²) in [5, 5.41) is 11.2. The van der Waals surface area contributed by atoms with Crippen LogP contribution in [0.15, 0.2) is 90.0 Å². The van der Waals surface area contributed by atoms with Gasteiger partial charge in [-0.05, 0) is 48.4 Å². The minimum absolute atomic E-state index is 0.0745. The number of imidazole rings is 1. The normalized spacial score (nSPS) is 17.2. The summed E-state index contributed by atoms with van der Waals surface area (Å²) in [7, 11) is 0. The summed E-state index contributed by atoms with van der Waals surface area (Å²) >= 11 is 3.47. The Balaban J connectivity index is 1.69. The quantitative estimate of drug-likeness (QED) is 0.190. The van der Waals surface area contributed by atoms with E-state index >= 15 is 0 Å². The van der Waals surface area contributed by atoms with E-state index in [0.29, 0.717) is 37.4 Å². The molecule has 7 nitrogen and oxygen atoms in total. The summed E-state index contributed by atoms with van der Waals surface area (Å²) in [5.74, 6) is -0.921. The highest BCUT2D eigenvalue weighted by molar-refractivity contribution is 9.10. The molecule has 1 unspecified atom stereocenters. The molecule has 1 atom stereocenters. The van der Waals surface area contributed by atoms with Crippen LogP contribution in [0.4, 0.5) is 0 Å². The van der Waals surface area contributed by atoms with Crippen LogP contribution in [-0.4, -0.2) is 44.4 Å². The van der Waals surface area contributed by atoms with Gasteiger partial charge in [-0.3, -0.25) is 9.59 Å². The van der Waals surface area contributed by atoms with Crippen molar-refractivity contribution in [2.45, 2.75) is 19.0 Å². The first-order valence-corrected chi connectivity index (χ1v) is 11.6. The highest BCUT2D eigenvalue weighted by atomic mass is 79.9. The molecule has 1 aromatic heterocycles. The van der Waals surface area contributed by atoms with Crippen LogP contribution in [0.3, 0.4) is 0 Å². The van der Waals surface area contributed by atoms with Crippen LogP contribution in [-0.2, 0) is 16.1 Å². The third-order valence-electron chi connectivity index (χ3n) is 5.57. The second kappa shape index (κ2) is 10.5. The number of Topliss-reactive ketones (excluding diaryl/α,β-unsaturated/α-hetero) is 1. The van der Waals surface area contributed by atoms with E-state index in [0.717, 1.165) is 10.0 Å². The number of aliphatic hydroxyl groups is 1. The predicted molar refractivity (Wildman–Crippen MR) is 132 cm³/mol. The minimum Gasteiger partial charge on any atom is -0.507 e. The molecular formula is C26H24BrN3O4. The molecule has 0 radical (unpaired) electrons. The Morgan fingerprint density at radius 1 is 1.18 bits per heavy atom. The molecule has 1 amide bonds. The van der Waals surface area contributed by atoms with Crippen LogP contribution in [0.25, 0.3) is 5.76 Å². The largest absolute Gasteiger partial charge is 0.507 e. The fourth-order valence-corrected chi connectivity index (χ4v) is 4.41. The molecule has 1 saturated heterocycles. The standard InChI is InChI=1S/C26H24BrN3O4/c1-2-15-34-21-9-7-18(8-10-21)24(31)22-23(19-5-3-6-20(27)16-19)30(26(33)25(22)32)13-4-12-29-14-11-28-17-29/h2-3,5-11,14,16-17,23,31H,1,4,12-13,15H2. The summed E-state index contributed by atoms with van der Waals surface area (Å²) in [6, 6.07) is 13.5. The number of likely N-dealkylation sites (tertiary alicyclic amines) is 1. The van der Waals surface area contributed by atoms with Crippen molar-refractivity contribution < 1.29 is 19.4 Å². The maximum absolute atomic E-state index is 13.1. The number of benzene rings is 2. The average molecular weight is 522 g/mol.